The van der Waals surface area contributed by atoms with Gasteiger partial charge < -0.3 is 24.6 Å². The first kappa shape index (κ1) is 19.1. The zero-order valence-electron chi connectivity index (χ0n) is 15.7. The number of carbonyl (C=O) groups excluding carboxylic acids is 1. The van der Waals surface area contributed by atoms with Crippen LogP contribution >= 0.6 is 11.3 Å². The summed E-state index contributed by atoms with van der Waals surface area (Å²) >= 11 is 1.59. The van der Waals surface area contributed by atoms with Gasteiger partial charge in [-0.1, -0.05) is 12.8 Å². The second kappa shape index (κ2) is 8.84. The lowest BCUT2D eigenvalue weighted by atomic mass is 10.00. The molecule has 150 valence electrons. The second-order valence-corrected chi connectivity index (χ2v) is 8.30. The average Bonchev–Trinajstić information content (AvgIpc) is 3.30. The first-order chi connectivity index (χ1) is 13.7. The maximum atomic E-state index is 12.5. The topological polar surface area (TPSA) is 77.0 Å². The lowest BCUT2D eigenvalue weighted by molar-refractivity contribution is 0.0846. The Morgan fingerprint density at radius 2 is 1.96 bits per heavy atom. The number of nitrogens with one attached hydrogen (secondary N) is 1. The SMILES string of the molecule is O=C(NCC(O)COc1ccc2c(c1)OCO2)c1cc2c(s1)CCCCCC2. The van der Waals surface area contributed by atoms with E-state index in [4.69, 9.17) is 14.2 Å². The van der Waals surface area contributed by atoms with Gasteiger partial charge in [-0.2, -0.15) is 0 Å². The fourth-order valence-corrected chi connectivity index (χ4v) is 4.64. The molecular formula is C21H25NO5S. The van der Waals surface area contributed by atoms with Crippen molar-refractivity contribution in [3.63, 3.8) is 0 Å². The van der Waals surface area contributed by atoms with Crippen molar-refractivity contribution in [2.75, 3.05) is 19.9 Å². The monoisotopic (exact) mass is 403 g/mol. The Kier molecular flexibility index (Phi) is 6.02. The molecule has 1 aromatic heterocycles. The Hall–Kier alpha value is -2.25. The predicted molar refractivity (Wildman–Crippen MR) is 107 cm³/mol. The number of aliphatic hydroxyl groups is 1. The van der Waals surface area contributed by atoms with Crippen LogP contribution in [0.3, 0.4) is 0 Å². The molecule has 1 aliphatic carbocycles. The first-order valence-electron chi connectivity index (χ1n) is 9.79. The molecule has 2 heterocycles. The van der Waals surface area contributed by atoms with Gasteiger partial charge in [-0.05, 0) is 49.4 Å². The van der Waals surface area contributed by atoms with E-state index in [9.17, 15) is 9.90 Å². The number of rotatable bonds is 6. The number of amides is 1. The van der Waals surface area contributed by atoms with Crippen LogP contribution < -0.4 is 19.5 Å². The van der Waals surface area contributed by atoms with Gasteiger partial charge in [0.15, 0.2) is 11.5 Å². The number of aliphatic hydroxyl groups excluding tert-OH is 1. The Labute approximate surface area is 168 Å². The zero-order valence-corrected chi connectivity index (χ0v) is 16.6. The molecule has 1 aliphatic heterocycles. The predicted octanol–water partition coefficient (Wildman–Crippen LogP) is 3.31. The molecule has 0 saturated carbocycles. The first-order valence-corrected chi connectivity index (χ1v) is 10.6. The molecule has 0 radical (unpaired) electrons. The molecule has 6 nitrogen and oxygen atoms in total. The lowest BCUT2D eigenvalue weighted by Gasteiger charge is -2.13. The minimum Gasteiger partial charge on any atom is -0.491 e. The van der Waals surface area contributed by atoms with Gasteiger partial charge in [0.25, 0.3) is 5.91 Å². The molecule has 0 spiro atoms. The van der Waals surface area contributed by atoms with Crippen molar-refractivity contribution in [1.29, 1.82) is 0 Å². The van der Waals surface area contributed by atoms with E-state index in [1.165, 1.54) is 36.1 Å². The fraction of sp³-hybridized carbons (Fsp3) is 0.476. The van der Waals surface area contributed by atoms with Crippen LogP contribution in [0.4, 0.5) is 0 Å². The molecule has 4 rings (SSSR count). The summed E-state index contributed by atoms with van der Waals surface area (Å²) in [6.45, 7) is 0.437. The van der Waals surface area contributed by atoms with Crippen LogP contribution in [0.5, 0.6) is 17.2 Å². The van der Waals surface area contributed by atoms with Gasteiger partial charge in [0, 0.05) is 17.5 Å². The van der Waals surface area contributed by atoms with Gasteiger partial charge in [-0.15, -0.1) is 11.3 Å². The molecule has 28 heavy (non-hydrogen) atoms. The van der Waals surface area contributed by atoms with Crippen LogP contribution in [0.15, 0.2) is 24.3 Å². The summed E-state index contributed by atoms with van der Waals surface area (Å²) in [7, 11) is 0. The number of benzene rings is 1. The third kappa shape index (κ3) is 4.59. The number of aryl methyl sites for hydroxylation is 2. The molecule has 0 fully saturated rings. The van der Waals surface area contributed by atoms with Crippen LogP contribution in [0.2, 0.25) is 0 Å². The molecule has 0 saturated heterocycles. The number of fused-ring (bicyclic) bond motifs is 2. The van der Waals surface area contributed by atoms with Crippen molar-refractivity contribution in [2.24, 2.45) is 0 Å². The highest BCUT2D eigenvalue weighted by Crippen LogP contribution is 2.35. The highest BCUT2D eigenvalue weighted by Gasteiger charge is 2.17. The van der Waals surface area contributed by atoms with Crippen LogP contribution in [0.1, 0.15) is 45.8 Å². The maximum Gasteiger partial charge on any atom is 0.261 e. The molecule has 1 aromatic carbocycles. The molecular weight excluding hydrogens is 378 g/mol. The van der Waals surface area contributed by atoms with Gasteiger partial charge in [0.2, 0.25) is 6.79 Å². The lowest BCUT2D eigenvalue weighted by Crippen LogP contribution is -2.35. The summed E-state index contributed by atoms with van der Waals surface area (Å²) in [5, 5.41) is 13.0. The van der Waals surface area contributed by atoms with Crippen molar-refractivity contribution < 1.29 is 24.1 Å². The van der Waals surface area contributed by atoms with E-state index < -0.39 is 6.10 Å². The van der Waals surface area contributed by atoms with Crippen LogP contribution in [-0.4, -0.2) is 37.1 Å². The summed E-state index contributed by atoms with van der Waals surface area (Å²) in [6.07, 6.45) is 6.27. The Morgan fingerprint density at radius 1 is 1.14 bits per heavy atom. The third-order valence-electron chi connectivity index (χ3n) is 5.01. The van der Waals surface area contributed by atoms with Crippen LogP contribution in [0, 0.1) is 0 Å². The van der Waals surface area contributed by atoms with E-state index in [0.717, 1.165) is 17.7 Å². The van der Waals surface area contributed by atoms with Crippen molar-refractivity contribution in [1.82, 2.24) is 5.32 Å². The summed E-state index contributed by atoms with van der Waals surface area (Å²) in [4.78, 5) is 14.5. The van der Waals surface area contributed by atoms with E-state index >= 15 is 0 Å². The molecule has 1 amide bonds. The van der Waals surface area contributed by atoms with E-state index in [1.807, 2.05) is 6.07 Å². The molecule has 2 N–H and O–H groups in total. The largest absolute Gasteiger partial charge is 0.491 e. The minimum absolute atomic E-state index is 0.0842. The summed E-state index contributed by atoms with van der Waals surface area (Å²) in [6, 6.07) is 7.29. The Morgan fingerprint density at radius 3 is 2.86 bits per heavy atom. The summed E-state index contributed by atoms with van der Waals surface area (Å²) < 4.78 is 16.2. The van der Waals surface area contributed by atoms with E-state index in [-0.39, 0.29) is 25.9 Å². The zero-order chi connectivity index (χ0) is 19.3. The minimum atomic E-state index is -0.796. The van der Waals surface area contributed by atoms with Gasteiger partial charge in [-0.3, -0.25) is 4.79 Å². The quantitative estimate of drug-likeness (QED) is 0.774. The van der Waals surface area contributed by atoms with E-state index in [1.54, 1.807) is 29.5 Å². The van der Waals surface area contributed by atoms with Gasteiger partial charge in [0.05, 0.1) is 4.88 Å². The molecule has 2 aliphatic rings. The number of hydrogen-bond donors (Lipinski definition) is 2. The van der Waals surface area contributed by atoms with Gasteiger partial charge in [-0.25, -0.2) is 0 Å². The highest BCUT2D eigenvalue weighted by molar-refractivity contribution is 7.14. The van der Waals surface area contributed by atoms with Crippen molar-refractivity contribution in [3.05, 3.63) is 39.6 Å². The van der Waals surface area contributed by atoms with Gasteiger partial charge in [0.1, 0.15) is 18.5 Å². The average molecular weight is 404 g/mol. The standard InChI is InChI=1S/C21H25NO5S/c23-15(12-25-16-7-8-17-18(10-16)27-13-26-17)11-22-21(24)20-9-14-5-3-1-2-4-6-19(14)28-20/h7-10,15,23H,1-6,11-13H2,(H,22,24). The smallest absolute Gasteiger partial charge is 0.261 e. The van der Waals surface area contributed by atoms with Crippen LogP contribution in [-0.2, 0) is 12.8 Å². The summed E-state index contributed by atoms with van der Waals surface area (Å²) in [5.74, 6) is 1.78. The number of thiophene rings is 1. The number of ether oxygens (including phenoxy) is 3. The molecule has 1 atom stereocenters. The van der Waals surface area contributed by atoms with Crippen molar-refractivity contribution >= 4 is 17.2 Å². The molecule has 1 unspecified atom stereocenters. The molecule has 7 heteroatoms. The molecule has 0 bridgehead atoms. The fourth-order valence-electron chi connectivity index (χ4n) is 3.47. The van der Waals surface area contributed by atoms with E-state index in [2.05, 4.69) is 5.32 Å². The Balaban J connectivity index is 1.25. The van der Waals surface area contributed by atoms with Crippen molar-refractivity contribution in [2.45, 2.75) is 44.6 Å². The van der Waals surface area contributed by atoms with Crippen molar-refractivity contribution in [3.8, 4) is 17.2 Å². The Bertz CT molecular complexity index is 809. The second-order valence-electron chi connectivity index (χ2n) is 7.16. The third-order valence-corrected chi connectivity index (χ3v) is 6.24. The highest BCUT2D eigenvalue weighted by atomic mass is 32.1. The summed E-state index contributed by atoms with van der Waals surface area (Å²) in [5.41, 5.74) is 1.32. The normalized spacial score (nSPS) is 16.6. The van der Waals surface area contributed by atoms with Gasteiger partial charge >= 0.3 is 0 Å². The van der Waals surface area contributed by atoms with E-state index in [0.29, 0.717) is 17.2 Å². The maximum absolute atomic E-state index is 12.5. The number of carbonyl (C=O) groups is 1. The number of hydrogen-bond acceptors (Lipinski definition) is 6. The molecule has 2 aromatic rings. The van der Waals surface area contributed by atoms with Crippen LogP contribution in [0.25, 0.3) is 0 Å².